The molecule has 6 heteroatoms. The van der Waals surface area contributed by atoms with Crippen LogP contribution >= 0.6 is 0 Å². The zero-order valence-corrected chi connectivity index (χ0v) is 8.07. The largest absolute Gasteiger partial charge is 0.479 e. The van der Waals surface area contributed by atoms with E-state index in [1.165, 1.54) is 24.3 Å². The van der Waals surface area contributed by atoms with Crippen LogP contribution in [0.2, 0.25) is 0 Å². The van der Waals surface area contributed by atoms with Crippen LogP contribution < -0.4 is 0 Å². The fourth-order valence-corrected chi connectivity index (χ4v) is 1.27. The van der Waals surface area contributed by atoms with Crippen molar-refractivity contribution in [2.24, 2.45) is 0 Å². The number of carboxylic acid groups (broad SMARTS) is 2. The lowest BCUT2D eigenvalue weighted by Crippen LogP contribution is -2.50. The molecule has 16 heavy (non-hydrogen) atoms. The summed E-state index contributed by atoms with van der Waals surface area (Å²) in [7, 11) is 0. The van der Waals surface area contributed by atoms with Crippen molar-refractivity contribution in [3.8, 4) is 0 Å². The summed E-state index contributed by atoms with van der Waals surface area (Å²) in [6, 6.07) is 6.87. The quantitative estimate of drug-likeness (QED) is 0.545. The Morgan fingerprint density at radius 2 is 1.62 bits per heavy atom. The van der Waals surface area contributed by atoms with Crippen molar-refractivity contribution >= 4 is 11.9 Å². The van der Waals surface area contributed by atoms with E-state index >= 15 is 0 Å². The summed E-state index contributed by atoms with van der Waals surface area (Å²) in [5.74, 6) is -3.64. The van der Waals surface area contributed by atoms with E-state index in [0.717, 1.165) is 0 Å². The molecular weight excluding hydrogens is 216 g/mol. The first kappa shape index (κ1) is 12.2. The Morgan fingerprint density at radius 1 is 1.12 bits per heavy atom. The van der Waals surface area contributed by atoms with Gasteiger partial charge >= 0.3 is 11.9 Å². The second-order valence-corrected chi connectivity index (χ2v) is 3.18. The van der Waals surface area contributed by atoms with Crippen LogP contribution in [0.5, 0.6) is 0 Å². The molecule has 2 atom stereocenters. The topological polar surface area (TPSA) is 115 Å². The Kier molecular flexibility index (Phi) is 3.26. The Morgan fingerprint density at radius 3 is 2.00 bits per heavy atom. The zero-order chi connectivity index (χ0) is 12.3. The van der Waals surface area contributed by atoms with Gasteiger partial charge in [0.25, 0.3) is 0 Å². The number of aliphatic carboxylic acids is 2. The van der Waals surface area contributed by atoms with Gasteiger partial charge in [-0.15, -0.1) is 0 Å². The molecule has 0 aliphatic carbocycles. The van der Waals surface area contributed by atoms with E-state index in [2.05, 4.69) is 0 Å². The van der Waals surface area contributed by atoms with Gasteiger partial charge in [-0.2, -0.15) is 0 Å². The molecule has 86 valence electrons. The highest BCUT2D eigenvalue weighted by Gasteiger charge is 2.49. The fraction of sp³-hybridized carbons (Fsp3) is 0.200. The van der Waals surface area contributed by atoms with Gasteiger partial charge in [0.05, 0.1) is 0 Å². The van der Waals surface area contributed by atoms with Gasteiger partial charge in [0, 0.05) is 0 Å². The summed E-state index contributed by atoms with van der Waals surface area (Å²) >= 11 is 0. The summed E-state index contributed by atoms with van der Waals surface area (Å²) in [4.78, 5) is 21.4. The minimum Gasteiger partial charge on any atom is -0.479 e. The van der Waals surface area contributed by atoms with E-state index in [4.69, 9.17) is 10.2 Å². The first-order valence-corrected chi connectivity index (χ1v) is 4.33. The predicted octanol–water partition coefficient (Wildman–Crippen LogP) is -0.596. The van der Waals surface area contributed by atoms with E-state index in [0.29, 0.717) is 0 Å². The number of carboxylic acids is 2. The number of aliphatic hydroxyl groups excluding tert-OH is 1. The number of aliphatic hydroxyl groups is 2. The van der Waals surface area contributed by atoms with E-state index in [9.17, 15) is 19.8 Å². The molecule has 0 aliphatic heterocycles. The van der Waals surface area contributed by atoms with Crippen molar-refractivity contribution in [2.75, 3.05) is 0 Å². The molecule has 0 amide bonds. The number of rotatable bonds is 4. The molecule has 0 saturated carbocycles. The molecule has 0 heterocycles. The fourth-order valence-electron chi connectivity index (χ4n) is 1.27. The zero-order valence-electron chi connectivity index (χ0n) is 8.07. The first-order chi connectivity index (χ1) is 7.40. The molecule has 0 bridgehead atoms. The first-order valence-electron chi connectivity index (χ1n) is 4.33. The van der Waals surface area contributed by atoms with Crippen LogP contribution in [0, 0.1) is 0 Å². The van der Waals surface area contributed by atoms with Gasteiger partial charge < -0.3 is 20.4 Å². The van der Waals surface area contributed by atoms with Crippen LogP contribution in [0.1, 0.15) is 5.56 Å². The molecule has 1 rings (SSSR count). The summed E-state index contributed by atoms with van der Waals surface area (Å²) in [5.41, 5.74) is -3.05. The van der Waals surface area contributed by atoms with Crippen molar-refractivity contribution in [1.82, 2.24) is 0 Å². The van der Waals surface area contributed by atoms with Gasteiger partial charge in [-0.1, -0.05) is 30.3 Å². The van der Waals surface area contributed by atoms with Crippen molar-refractivity contribution < 1.29 is 30.0 Å². The van der Waals surface area contributed by atoms with Crippen molar-refractivity contribution in [3.05, 3.63) is 35.9 Å². The Bertz CT molecular complexity index is 401. The molecule has 0 spiro atoms. The lowest BCUT2D eigenvalue weighted by Gasteiger charge is -2.26. The molecule has 0 saturated heterocycles. The van der Waals surface area contributed by atoms with Gasteiger partial charge in [0.15, 0.2) is 6.10 Å². The van der Waals surface area contributed by atoms with Crippen LogP contribution in [0.15, 0.2) is 30.3 Å². The van der Waals surface area contributed by atoms with Crippen LogP contribution in [-0.4, -0.2) is 38.5 Å². The van der Waals surface area contributed by atoms with Crippen LogP contribution in [0.3, 0.4) is 0 Å². The van der Waals surface area contributed by atoms with E-state index < -0.39 is 23.6 Å². The standard InChI is InChI=1S/C10H10O6/c11-7(8(12)13)10(16,9(14)15)6-4-2-1-3-5-6/h1-5,7,11,16H,(H,12,13)(H,14,15)/t7-,10+/m0/s1. The van der Waals surface area contributed by atoms with Gasteiger partial charge in [0.2, 0.25) is 5.60 Å². The average molecular weight is 226 g/mol. The van der Waals surface area contributed by atoms with Crippen LogP contribution in [0.25, 0.3) is 0 Å². The van der Waals surface area contributed by atoms with E-state index in [1.807, 2.05) is 0 Å². The highest BCUT2D eigenvalue weighted by molar-refractivity contribution is 5.88. The molecule has 0 aliphatic rings. The van der Waals surface area contributed by atoms with E-state index in [1.54, 1.807) is 6.07 Å². The average Bonchev–Trinajstić information content (AvgIpc) is 2.27. The molecule has 0 fully saturated rings. The molecule has 1 aromatic carbocycles. The third-order valence-electron chi connectivity index (χ3n) is 2.17. The lowest BCUT2D eigenvalue weighted by atomic mass is 9.88. The number of carbonyl (C=O) groups is 2. The Labute approximate surface area is 90.4 Å². The second-order valence-electron chi connectivity index (χ2n) is 3.18. The van der Waals surface area contributed by atoms with Gasteiger partial charge in [-0.25, -0.2) is 9.59 Å². The van der Waals surface area contributed by atoms with Gasteiger partial charge in [0.1, 0.15) is 0 Å². The molecule has 6 nitrogen and oxygen atoms in total. The highest BCUT2D eigenvalue weighted by atomic mass is 16.4. The molecule has 4 N–H and O–H groups in total. The molecular formula is C10H10O6. The maximum atomic E-state index is 10.9. The van der Waals surface area contributed by atoms with Gasteiger partial charge in [-0.05, 0) is 5.56 Å². The Hall–Kier alpha value is -1.92. The predicted molar refractivity (Wildman–Crippen MR) is 51.6 cm³/mol. The highest BCUT2D eigenvalue weighted by Crippen LogP contribution is 2.25. The van der Waals surface area contributed by atoms with E-state index in [-0.39, 0.29) is 5.56 Å². The summed E-state index contributed by atoms with van der Waals surface area (Å²) in [6.07, 6.45) is -2.44. The minimum absolute atomic E-state index is 0.197. The number of hydrogen-bond donors (Lipinski definition) is 4. The van der Waals surface area contributed by atoms with Crippen molar-refractivity contribution in [1.29, 1.82) is 0 Å². The summed E-state index contributed by atoms with van der Waals surface area (Å²) < 4.78 is 0. The Balaban J connectivity index is 3.28. The number of benzene rings is 1. The third-order valence-corrected chi connectivity index (χ3v) is 2.17. The molecule has 1 aromatic rings. The van der Waals surface area contributed by atoms with Crippen molar-refractivity contribution in [2.45, 2.75) is 11.7 Å². The SMILES string of the molecule is O=C(O)[C@H](O)[C@@](O)(C(=O)O)c1ccccc1. The minimum atomic E-state index is -2.85. The summed E-state index contributed by atoms with van der Waals surface area (Å²) in [6.45, 7) is 0. The van der Waals surface area contributed by atoms with Crippen LogP contribution in [0.4, 0.5) is 0 Å². The maximum absolute atomic E-state index is 10.9. The normalized spacial score (nSPS) is 16.1. The monoisotopic (exact) mass is 226 g/mol. The maximum Gasteiger partial charge on any atom is 0.343 e. The molecule has 0 aromatic heterocycles. The third kappa shape index (κ3) is 1.88. The number of hydrogen-bond acceptors (Lipinski definition) is 4. The van der Waals surface area contributed by atoms with Crippen molar-refractivity contribution in [3.63, 3.8) is 0 Å². The molecule has 0 radical (unpaired) electrons. The lowest BCUT2D eigenvalue weighted by molar-refractivity contribution is -0.185. The van der Waals surface area contributed by atoms with Crippen LogP contribution in [-0.2, 0) is 15.2 Å². The second kappa shape index (κ2) is 4.30. The summed E-state index contributed by atoms with van der Waals surface area (Å²) in [5, 5.41) is 36.4. The van der Waals surface area contributed by atoms with Gasteiger partial charge in [-0.3, -0.25) is 0 Å². The smallest absolute Gasteiger partial charge is 0.343 e. The molecule has 0 unspecified atom stereocenters.